The van der Waals surface area contributed by atoms with E-state index in [2.05, 4.69) is 15.5 Å². The van der Waals surface area contributed by atoms with E-state index in [1.165, 1.54) is 23.8 Å². The summed E-state index contributed by atoms with van der Waals surface area (Å²) >= 11 is 1.24. The second-order valence-corrected chi connectivity index (χ2v) is 6.09. The van der Waals surface area contributed by atoms with Crippen LogP contribution >= 0.6 is 11.3 Å². The minimum absolute atomic E-state index is 0.00572. The molecule has 0 saturated heterocycles. The van der Waals surface area contributed by atoms with Gasteiger partial charge in [-0.3, -0.25) is 14.7 Å². The fourth-order valence-electron chi connectivity index (χ4n) is 2.44. The first kappa shape index (κ1) is 13.1. The highest BCUT2D eigenvalue weighted by Crippen LogP contribution is 2.21. The third kappa shape index (κ3) is 2.51. The molecule has 0 radical (unpaired) electrons. The van der Waals surface area contributed by atoms with Crippen molar-refractivity contribution in [3.8, 4) is 0 Å². The Morgan fingerprint density at radius 3 is 2.95 bits per heavy atom. The standard InChI is InChI=1S/C14H15N3O2S/c1-8(18)12-4-5-13(20-12)14(19)16-10-3-2-9-7-15-17-11(9)6-10/h4-5,7,10H,2-3,6H2,1H3,(H,15,17)(H,16,19). The predicted molar refractivity (Wildman–Crippen MR) is 76.2 cm³/mol. The van der Waals surface area contributed by atoms with Gasteiger partial charge < -0.3 is 5.32 Å². The highest BCUT2D eigenvalue weighted by molar-refractivity contribution is 7.15. The Hall–Kier alpha value is -1.95. The fraction of sp³-hybridized carbons (Fsp3) is 0.357. The van der Waals surface area contributed by atoms with E-state index in [1.54, 1.807) is 12.1 Å². The fourth-order valence-corrected chi connectivity index (χ4v) is 3.24. The molecule has 6 heteroatoms. The van der Waals surface area contributed by atoms with Crippen LogP contribution in [-0.4, -0.2) is 27.9 Å². The second kappa shape index (κ2) is 5.20. The first-order valence-electron chi connectivity index (χ1n) is 6.56. The van der Waals surface area contributed by atoms with E-state index in [-0.39, 0.29) is 17.7 Å². The first-order valence-corrected chi connectivity index (χ1v) is 7.38. The predicted octanol–water partition coefficient (Wildman–Crippen LogP) is 1.96. The molecule has 2 N–H and O–H groups in total. The van der Waals surface area contributed by atoms with Gasteiger partial charge in [0.1, 0.15) is 0 Å². The molecule has 0 saturated carbocycles. The molecule has 3 rings (SSSR count). The molecular weight excluding hydrogens is 274 g/mol. The Bertz CT molecular complexity index is 659. The minimum atomic E-state index is -0.101. The number of nitrogens with one attached hydrogen (secondary N) is 2. The number of fused-ring (bicyclic) bond motifs is 1. The average molecular weight is 289 g/mol. The third-order valence-corrected chi connectivity index (χ3v) is 4.72. The van der Waals surface area contributed by atoms with Crippen molar-refractivity contribution in [2.24, 2.45) is 0 Å². The number of thiophene rings is 1. The zero-order valence-corrected chi connectivity index (χ0v) is 11.9. The Kier molecular flexibility index (Phi) is 3.40. The van der Waals surface area contributed by atoms with Gasteiger partial charge in [0.05, 0.1) is 16.0 Å². The van der Waals surface area contributed by atoms with Crippen LogP contribution in [0, 0.1) is 0 Å². The maximum Gasteiger partial charge on any atom is 0.261 e. The Labute approximate surface area is 120 Å². The van der Waals surface area contributed by atoms with Crippen LogP contribution < -0.4 is 5.32 Å². The highest BCUT2D eigenvalue weighted by atomic mass is 32.1. The zero-order valence-electron chi connectivity index (χ0n) is 11.1. The number of ketones is 1. The Balaban J connectivity index is 1.66. The lowest BCUT2D eigenvalue weighted by Gasteiger charge is -2.22. The maximum absolute atomic E-state index is 12.2. The van der Waals surface area contributed by atoms with Gasteiger partial charge in [-0.1, -0.05) is 0 Å². The quantitative estimate of drug-likeness (QED) is 0.848. The van der Waals surface area contributed by atoms with Gasteiger partial charge in [0, 0.05) is 18.2 Å². The minimum Gasteiger partial charge on any atom is -0.348 e. The molecule has 2 aromatic heterocycles. The number of hydrogen-bond acceptors (Lipinski definition) is 4. The van der Waals surface area contributed by atoms with Crippen LogP contribution in [0.1, 0.15) is 43.9 Å². The number of H-pyrrole nitrogens is 1. The summed E-state index contributed by atoms with van der Waals surface area (Å²) in [5.41, 5.74) is 2.35. The van der Waals surface area contributed by atoms with Crippen molar-refractivity contribution in [3.63, 3.8) is 0 Å². The van der Waals surface area contributed by atoms with Crippen molar-refractivity contribution >= 4 is 23.0 Å². The lowest BCUT2D eigenvalue weighted by Crippen LogP contribution is -2.38. The summed E-state index contributed by atoms with van der Waals surface area (Å²) in [7, 11) is 0. The highest BCUT2D eigenvalue weighted by Gasteiger charge is 2.22. The van der Waals surface area contributed by atoms with Crippen LogP contribution in [0.2, 0.25) is 0 Å². The number of hydrogen-bond donors (Lipinski definition) is 2. The van der Waals surface area contributed by atoms with E-state index in [9.17, 15) is 9.59 Å². The van der Waals surface area contributed by atoms with Gasteiger partial charge in [-0.15, -0.1) is 11.3 Å². The van der Waals surface area contributed by atoms with Crippen molar-refractivity contribution in [3.05, 3.63) is 39.3 Å². The number of carbonyl (C=O) groups excluding carboxylic acids is 2. The van der Waals surface area contributed by atoms with Gasteiger partial charge in [-0.05, 0) is 37.5 Å². The van der Waals surface area contributed by atoms with Gasteiger partial charge >= 0.3 is 0 Å². The molecule has 0 aromatic carbocycles. The maximum atomic E-state index is 12.2. The molecule has 2 heterocycles. The van der Waals surface area contributed by atoms with Crippen LogP contribution in [0.3, 0.4) is 0 Å². The van der Waals surface area contributed by atoms with E-state index in [4.69, 9.17) is 0 Å². The lowest BCUT2D eigenvalue weighted by atomic mass is 9.94. The van der Waals surface area contributed by atoms with Crippen LogP contribution in [-0.2, 0) is 12.8 Å². The molecule has 1 amide bonds. The number of amides is 1. The van der Waals surface area contributed by atoms with Gasteiger partial charge in [0.15, 0.2) is 5.78 Å². The smallest absolute Gasteiger partial charge is 0.261 e. The number of rotatable bonds is 3. The molecule has 1 aliphatic carbocycles. The molecule has 0 spiro atoms. The summed E-state index contributed by atoms with van der Waals surface area (Å²) < 4.78 is 0. The van der Waals surface area contributed by atoms with Crippen LogP contribution in [0.25, 0.3) is 0 Å². The van der Waals surface area contributed by atoms with E-state index >= 15 is 0 Å². The van der Waals surface area contributed by atoms with E-state index in [0.717, 1.165) is 25.0 Å². The second-order valence-electron chi connectivity index (χ2n) is 5.01. The average Bonchev–Trinajstić information content (AvgIpc) is 3.07. The van der Waals surface area contributed by atoms with Crippen molar-refractivity contribution in [1.29, 1.82) is 0 Å². The largest absolute Gasteiger partial charge is 0.348 e. The topological polar surface area (TPSA) is 74.8 Å². The summed E-state index contributed by atoms with van der Waals surface area (Å²) in [6, 6.07) is 3.54. The monoisotopic (exact) mass is 289 g/mol. The lowest BCUT2D eigenvalue weighted by molar-refractivity contribution is 0.0937. The van der Waals surface area contributed by atoms with Crippen molar-refractivity contribution in [1.82, 2.24) is 15.5 Å². The van der Waals surface area contributed by atoms with Crippen LogP contribution in [0.15, 0.2) is 18.3 Å². The molecule has 1 aliphatic rings. The number of aryl methyl sites for hydroxylation is 1. The van der Waals surface area contributed by atoms with Crippen molar-refractivity contribution in [2.75, 3.05) is 0 Å². The van der Waals surface area contributed by atoms with Gasteiger partial charge in [0.2, 0.25) is 0 Å². The van der Waals surface area contributed by atoms with E-state index < -0.39 is 0 Å². The summed E-state index contributed by atoms with van der Waals surface area (Å²) in [6.07, 6.45) is 4.49. The zero-order chi connectivity index (χ0) is 14.1. The molecule has 0 aliphatic heterocycles. The normalized spacial score (nSPS) is 17.6. The molecule has 5 nitrogen and oxygen atoms in total. The Morgan fingerprint density at radius 2 is 2.20 bits per heavy atom. The molecule has 20 heavy (non-hydrogen) atoms. The number of carbonyl (C=O) groups is 2. The molecule has 1 unspecified atom stereocenters. The van der Waals surface area contributed by atoms with Crippen molar-refractivity contribution < 1.29 is 9.59 Å². The van der Waals surface area contributed by atoms with Crippen LogP contribution in [0.4, 0.5) is 0 Å². The molecule has 0 fully saturated rings. The number of nitrogens with zero attached hydrogens (tertiary/aromatic N) is 1. The number of Topliss-reactive ketones (excluding diaryl/α,β-unsaturated/α-hetero) is 1. The third-order valence-electron chi connectivity index (χ3n) is 3.53. The number of aromatic nitrogens is 2. The summed E-state index contributed by atoms with van der Waals surface area (Å²) in [5, 5.41) is 10.0. The summed E-state index contributed by atoms with van der Waals surface area (Å²) in [4.78, 5) is 24.6. The SMILES string of the molecule is CC(=O)c1ccc(C(=O)NC2CCc3cn[nH]c3C2)s1. The molecule has 2 aromatic rings. The summed E-state index contributed by atoms with van der Waals surface area (Å²) in [5.74, 6) is -0.107. The number of aromatic amines is 1. The van der Waals surface area contributed by atoms with E-state index in [1.807, 2.05) is 6.20 Å². The van der Waals surface area contributed by atoms with Gasteiger partial charge in [-0.25, -0.2) is 0 Å². The van der Waals surface area contributed by atoms with Crippen LogP contribution in [0.5, 0.6) is 0 Å². The molecule has 0 bridgehead atoms. The van der Waals surface area contributed by atoms with E-state index in [0.29, 0.717) is 9.75 Å². The molecular formula is C14H15N3O2S. The first-order chi connectivity index (χ1) is 9.63. The molecule has 1 atom stereocenters. The Morgan fingerprint density at radius 1 is 1.40 bits per heavy atom. The summed E-state index contributed by atoms with van der Waals surface area (Å²) in [6.45, 7) is 1.51. The molecule has 104 valence electrons. The van der Waals surface area contributed by atoms with Crippen molar-refractivity contribution in [2.45, 2.75) is 32.2 Å². The van der Waals surface area contributed by atoms with Gasteiger partial charge in [-0.2, -0.15) is 5.10 Å². The van der Waals surface area contributed by atoms with Gasteiger partial charge in [0.25, 0.3) is 5.91 Å².